The zero-order chi connectivity index (χ0) is 12.5. The van der Waals surface area contributed by atoms with Crippen molar-refractivity contribution >= 4 is 0 Å². The summed E-state index contributed by atoms with van der Waals surface area (Å²) in [5.41, 5.74) is 3.62. The predicted molar refractivity (Wildman–Crippen MR) is 74.3 cm³/mol. The topological polar surface area (TPSA) is 3.24 Å². The molecule has 1 unspecified atom stereocenters. The van der Waals surface area contributed by atoms with E-state index >= 15 is 0 Å². The molecule has 94 valence electrons. The molecular weight excluding hydrogens is 206 g/mol. The van der Waals surface area contributed by atoms with Gasteiger partial charge in [-0.05, 0) is 55.8 Å². The largest absolute Gasteiger partial charge is 0.309 e. The van der Waals surface area contributed by atoms with Crippen LogP contribution in [0.25, 0.3) is 0 Å². The molecule has 0 aromatic heterocycles. The molecule has 17 heavy (non-hydrogen) atoms. The minimum absolute atomic E-state index is 0.470. The van der Waals surface area contributed by atoms with Crippen molar-refractivity contribution in [2.45, 2.75) is 33.1 Å². The molecule has 1 aliphatic rings. The smallest absolute Gasteiger partial charge is 0.00376 e. The van der Waals surface area contributed by atoms with E-state index in [0.29, 0.717) is 5.41 Å². The molecule has 0 saturated carbocycles. The van der Waals surface area contributed by atoms with Crippen LogP contribution in [0.3, 0.4) is 0 Å². The minimum atomic E-state index is 0.470. The first-order valence-corrected chi connectivity index (χ1v) is 6.75. The van der Waals surface area contributed by atoms with E-state index in [1.54, 1.807) is 11.1 Å². The van der Waals surface area contributed by atoms with Crippen LogP contribution in [0.2, 0.25) is 0 Å². The van der Waals surface area contributed by atoms with Crippen molar-refractivity contribution in [2.24, 2.45) is 11.3 Å². The molecule has 0 spiro atoms. The molecule has 1 atom stereocenters. The Hall–Kier alpha value is -0.820. The second-order valence-corrected chi connectivity index (χ2v) is 6.20. The third-order valence-electron chi connectivity index (χ3n) is 4.41. The Labute approximate surface area is 106 Å². The summed E-state index contributed by atoms with van der Waals surface area (Å²) in [4.78, 5) is 2.36. The van der Waals surface area contributed by atoms with Gasteiger partial charge in [-0.2, -0.15) is 0 Å². The molecule has 1 aromatic rings. The van der Waals surface area contributed by atoms with Gasteiger partial charge in [0.15, 0.2) is 0 Å². The Morgan fingerprint density at radius 3 is 2.41 bits per heavy atom. The maximum atomic E-state index is 2.39. The van der Waals surface area contributed by atoms with Gasteiger partial charge in [0.25, 0.3) is 0 Å². The highest BCUT2D eigenvalue weighted by Crippen LogP contribution is 2.41. The van der Waals surface area contributed by atoms with Crippen LogP contribution in [0.4, 0.5) is 0 Å². The van der Waals surface area contributed by atoms with E-state index in [1.807, 2.05) is 0 Å². The quantitative estimate of drug-likeness (QED) is 0.771. The van der Waals surface area contributed by atoms with Gasteiger partial charge in [-0.15, -0.1) is 0 Å². The molecule has 2 rings (SSSR count). The van der Waals surface area contributed by atoms with Gasteiger partial charge in [0, 0.05) is 6.54 Å². The van der Waals surface area contributed by atoms with Crippen LogP contribution >= 0.6 is 0 Å². The first-order chi connectivity index (χ1) is 8.03. The second kappa shape index (κ2) is 4.81. The van der Waals surface area contributed by atoms with Crippen LogP contribution in [-0.4, -0.2) is 25.5 Å². The van der Waals surface area contributed by atoms with Crippen LogP contribution in [0.5, 0.6) is 0 Å². The number of rotatable bonds is 3. The van der Waals surface area contributed by atoms with Crippen molar-refractivity contribution in [3.05, 3.63) is 35.4 Å². The molecule has 0 radical (unpaired) electrons. The Kier molecular flexibility index (Phi) is 3.58. The summed E-state index contributed by atoms with van der Waals surface area (Å²) >= 11 is 0. The van der Waals surface area contributed by atoms with Gasteiger partial charge in [0.2, 0.25) is 0 Å². The molecule has 0 saturated heterocycles. The normalized spacial score (nSPS) is 24.1. The number of benzene rings is 1. The van der Waals surface area contributed by atoms with Gasteiger partial charge < -0.3 is 4.90 Å². The van der Waals surface area contributed by atoms with Crippen molar-refractivity contribution < 1.29 is 0 Å². The zero-order valence-corrected chi connectivity index (χ0v) is 11.7. The maximum Gasteiger partial charge on any atom is 0.00376 e. The van der Waals surface area contributed by atoms with Crippen molar-refractivity contribution in [1.29, 1.82) is 0 Å². The molecule has 1 aliphatic carbocycles. The molecule has 1 nitrogen and oxygen atoms in total. The van der Waals surface area contributed by atoms with Gasteiger partial charge >= 0.3 is 0 Å². The number of aryl methyl sites for hydroxylation is 1. The number of hydrogen-bond acceptors (Lipinski definition) is 1. The van der Waals surface area contributed by atoms with Gasteiger partial charge in [0.1, 0.15) is 0 Å². The molecule has 1 aromatic carbocycles. The molecule has 0 fully saturated rings. The minimum Gasteiger partial charge on any atom is -0.309 e. The highest BCUT2D eigenvalue weighted by atomic mass is 15.1. The summed E-state index contributed by atoms with van der Waals surface area (Å²) < 4.78 is 0. The fourth-order valence-electron chi connectivity index (χ4n) is 3.27. The third kappa shape index (κ3) is 2.55. The highest BCUT2D eigenvalue weighted by Gasteiger charge is 2.37. The van der Waals surface area contributed by atoms with Crippen LogP contribution < -0.4 is 0 Å². The number of fused-ring (bicyclic) bond motifs is 1. The van der Waals surface area contributed by atoms with Crippen molar-refractivity contribution in [3.8, 4) is 0 Å². The van der Waals surface area contributed by atoms with E-state index < -0.39 is 0 Å². The Morgan fingerprint density at radius 1 is 1.18 bits per heavy atom. The average Bonchev–Trinajstić information content (AvgIpc) is 2.27. The van der Waals surface area contributed by atoms with Crippen LogP contribution in [0, 0.1) is 11.3 Å². The van der Waals surface area contributed by atoms with E-state index in [0.717, 1.165) is 5.92 Å². The number of nitrogens with zero attached hydrogens (tertiary/aromatic N) is 1. The third-order valence-corrected chi connectivity index (χ3v) is 4.41. The average molecular weight is 231 g/mol. The second-order valence-electron chi connectivity index (χ2n) is 6.20. The SMILES string of the molecule is CC(C)C1(CN(C)C)CCc2ccccc2C1. The van der Waals surface area contributed by atoms with E-state index in [9.17, 15) is 0 Å². The molecule has 0 N–H and O–H groups in total. The lowest BCUT2D eigenvalue weighted by Crippen LogP contribution is -2.42. The van der Waals surface area contributed by atoms with Crippen LogP contribution in [0.15, 0.2) is 24.3 Å². The van der Waals surface area contributed by atoms with E-state index in [1.165, 1.54) is 25.8 Å². The Balaban J connectivity index is 2.27. The lowest BCUT2D eigenvalue weighted by molar-refractivity contribution is 0.109. The first-order valence-electron chi connectivity index (χ1n) is 6.75. The fourth-order valence-corrected chi connectivity index (χ4v) is 3.27. The monoisotopic (exact) mass is 231 g/mol. The summed E-state index contributed by atoms with van der Waals surface area (Å²) in [6, 6.07) is 8.98. The van der Waals surface area contributed by atoms with Crippen molar-refractivity contribution in [2.75, 3.05) is 20.6 Å². The molecule has 0 aliphatic heterocycles. The van der Waals surface area contributed by atoms with Crippen molar-refractivity contribution in [1.82, 2.24) is 4.90 Å². The summed E-state index contributed by atoms with van der Waals surface area (Å²) in [6.45, 7) is 5.98. The lowest BCUT2D eigenvalue weighted by Gasteiger charge is -2.43. The van der Waals surface area contributed by atoms with Crippen LogP contribution in [-0.2, 0) is 12.8 Å². The fraction of sp³-hybridized carbons (Fsp3) is 0.625. The summed E-state index contributed by atoms with van der Waals surface area (Å²) in [5, 5.41) is 0. The van der Waals surface area contributed by atoms with Crippen molar-refractivity contribution in [3.63, 3.8) is 0 Å². The molecular formula is C16H25N. The highest BCUT2D eigenvalue weighted by molar-refractivity contribution is 5.31. The standard InChI is InChI=1S/C16H25N/c1-13(2)16(12-17(3)4)10-9-14-7-5-6-8-15(14)11-16/h5-8,13H,9-12H2,1-4H3. The van der Waals surface area contributed by atoms with E-state index in [4.69, 9.17) is 0 Å². The maximum absolute atomic E-state index is 2.39. The number of hydrogen-bond donors (Lipinski definition) is 0. The summed E-state index contributed by atoms with van der Waals surface area (Å²) in [6.07, 6.45) is 3.83. The van der Waals surface area contributed by atoms with Gasteiger partial charge in [-0.3, -0.25) is 0 Å². The van der Waals surface area contributed by atoms with Gasteiger partial charge in [-0.25, -0.2) is 0 Å². The van der Waals surface area contributed by atoms with Crippen LogP contribution in [0.1, 0.15) is 31.4 Å². The zero-order valence-electron chi connectivity index (χ0n) is 11.7. The van der Waals surface area contributed by atoms with E-state index in [-0.39, 0.29) is 0 Å². The Morgan fingerprint density at radius 2 is 1.82 bits per heavy atom. The lowest BCUT2D eigenvalue weighted by atomic mass is 9.65. The molecule has 1 heteroatoms. The molecule has 0 amide bonds. The Bertz CT molecular complexity index is 381. The molecule has 0 heterocycles. The van der Waals surface area contributed by atoms with E-state index in [2.05, 4.69) is 57.1 Å². The summed E-state index contributed by atoms with van der Waals surface area (Å²) in [7, 11) is 4.40. The first kappa shape index (κ1) is 12.6. The van der Waals surface area contributed by atoms with Gasteiger partial charge in [0.05, 0.1) is 0 Å². The summed E-state index contributed by atoms with van der Waals surface area (Å²) in [5.74, 6) is 0.748. The predicted octanol–water partition coefficient (Wildman–Crippen LogP) is 3.38. The van der Waals surface area contributed by atoms with Gasteiger partial charge in [-0.1, -0.05) is 38.1 Å². The molecule has 0 bridgehead atoms.